The van der Waals surface area contributed by atoms with Gasteiger partial charge in [-0.05, 0) is 19.8 Å². The quantitative estimate of drug-likeness (QED) is 0.821. The van der Waals surface area contributed by atoms with Gasteiger partial charge in [0.15, 0.2) is 11.6 Å². The molecule has 2 rings (SSSR count). The monoisotopic (exact) mass is 255 g/mol. The van der Waals surface area contributed by atoms with Gasteiger partial charge in [0, 0.05) is 18.7 Å². The maximum absolute atomic E-state index is 13.5. The summed E-state index contributed by atoms with van der Waals surface area (Å²) in [6.07, 6.45) is 2.14. The first-order valence-corrected chi connectivity index (χ1v) is 6.17. The van der Waals surface area contributed by atoms with Gasteiger partial charge in [-0.1, -0.05) is 0 Å². The number of anilines is 1. The Balaban J connectivity index is 2.03. The lowest BCUT2D eigenvalue weighted by Gasteiger charge is -2.14. The van der Waals surface area contributed by atoms with Gasteiger partial charge < -0.3 is 19.9 Å². The van der Waals surface area contributed by atoms with Gasteiger partial charge in [0.1, 0.15) is 12.4 Å². The molecule has 5 heteroatoms. The van der Waals surface area contributed by atoms with Gasteiger partial charge in [-0.2, -0.15) is 0 Å². The highest BCUT2D eigenvalue weighted by Crippen LogP contribution is 2.30. The highest BCUT2D eigenvalue weighted by molar-refractivity contribution is 5.56. The maximum atomic E-state index is 13.5. The molecular formula is C13H18FNO3. The van der Waals surface area contributed by atoms with E-state index in [2.05, 4.69) is 0 Å². The van der Waals surface area contributed by atoms with E-state index >= 15 is 0 Å². The molecule has 0 radical (unpaired) electrons. The van der Waals surface area contributed by atoms with Gasteiger partial charge in [-0.15, -0.1) is 0 Å². The lowest BCUT2D eigenvalue weighted by Crippen LogP contribution is -2.17. The Morgan fingerprint density at radius 3 is 2.89 bits per heavy atom. The standard InChI is InChI=1S/C13H18FNO3/c1-2-16-12-7-13(11(15)6-10(12)14)18-8-9-4-3-5-17-9/h6-7,9H,2-5,8,15H2,1H3. The summed E-state index contributed by atoms with van der Waals surface area (Å²) < 4.78 is 29.6. The third kappa shape index (κ3) is 3.04. The average molecular weight is 255 g/mol. The lowest BCUT2D eigenvalue weighted by atomic mass is 10.2. The normalized spacial score (nSPS) is 18.9. The summed E-state index contributed by atoms with van der Waals surface area (Å²) in [6, 6.07) is 2.71. The molecule has 100 valence electrons. The van der Waals surface area contributed by atoms with Crippen molar-refractivity contribution in [2.75, 3.05) is 25.6 Å². The summed E-state index contributed by atoms with van der Waals surface area (Å²) in [5, 5.41) is 0. The number of hydrogen-bond donors (Lipinski definition) is 1. The van der Waals surface area contributed by atoms with Gasteiger partial charge in [-0.25, -0.2) is 4.39 Å². The summed E-state index contributed by atoms with van der Waals surface area (Å²) in [4.78, 5) is 0. The van der Waals surface area contributed by atoms with E-state index in [4.69, 9.17) is 19.9 Å². The molecule has 1 unspecified atom stereocenters. The molecule has 1 aromatic rings. The summed E-state index contributed by atoms with van der Waals surface area (Å²) in [5.74, 6) is 0.128. The number of rotatable bonds is 5. The van der Waals surface area contributed by atoms with Crippen LogP contribution in [0.5, 0.6) is 11.5 Å². The van der Waals surface area contributed by atoms with Crippen molar-refractivity contribution in [1.29, 1.82) is 0 Å². The third-order valence-electron chi connectivity index (χ3n) is 2.81. The first-order chi connectivity index (χ1) is 8.70. The van der Waals surface area contributed by atoms with Crippen molar-refractivity contribution in [3.63, 3.8) is 0 Å². The molecule has 0 aromatic heterocycles. The summed E-state index contributed by atoms with van der Waals surface area (Å²) >= 11 is 0. The maximum Gasteiger partial charge on any atom is 0.167 e. The van der Waals surface area contributed by atoms with E-state index in [1.165, 1.54) is 12.1 Å². The van der Waals surface area contributed by atoms with Crippen LogP contribution in [0.25, 0.3) is 0 Å². The van der Waals surface area contributed by atoms with Crippen LogP contribution in [0.1, 0.15) is 19.8 Å². The van der Waals surface area contributed by atoms with Crippen molar-refractivity contribution in [1.82, 2.24) is 0 Å². The zero-order valence-electron chi connectivity index (χ0n) is 10.4. The van der Waals surface area contributed by atoms with E-state index in [0.717, 1.165) is 19.4 Å². The second-order valence-electron chi connectivity index (χ2n) is 4.20. The minimum Gasteiger partial charge on any atom is -0.491 e. The van der Waals surface area contributed by atoms with E-state index in [1.807, 2.05) is 0 Å². The molecule has 1 heterocycles. The molecule has 18 heavy (non-hydrogen) atoms. The number of benzene rings is 1. The molecule has 0 spiro atoms. The molecule has 0 aliphatic carbocycles. The minimum atomic E-state index is -0.473. The molecule has 1 aliphatic rings. The minimum absolute atomic E-state index is 0.102. The molecular weight excluding hydrogens is 237 g/mol. The molecule has 1 aliphatic heterocycles. The number of ether oxygens (including phenoxy) is 3. The SMILES string of the molecule is CCOc1cc(OCC2CCCO2)c(N)cc1F. The third-order valence-corrected chi connectivity index (χ3v) is 2.81. The lowest BCUT2D eigenvalue weighted by molar-refractivity contribution is 0.0681. The summed E-state index contributed by atoms with van der Waals surface area (Å²) in [6.45, 7) is 3.40. The summed E-state index contributed by atoms with van der Waals surface area (Å²) in [7, 11) is 0. The van der Waals surface area contributed by atoms with E-state index in [9.17, 15) is 4.39 Å². The van der Waals surface area contributed by atoms with Gasteiger partial charge in [0.2, 0.25) is 0 Å². The molecule has 4 nitrogen and oxygen atoms in total. The Morgan fingerprint density at radius 2 is 2.22 bits per heavy atom. The zero-order valence-corrected chi connectivity index (χ0v) is 10.4. The van der Waals surface area contributed by atoms with Crippen LogP contribution < -0.4 is 15.2 Å². The van der Waals surface area contributed by atoms with Crippen molar-refractivity contribution in [3.8, 4) is 11.5 Å². The predicted molar refractivity (Wildman–Crippen MR) is 66.5 cm³/mol. The molecule has 0 saturated carbocycles. The molecule has 1 atom stereocenters. The number of nitrogens with two attached hydrogens (primary N) is 1. The van der Waals surface area contributed by atoms with Crippen molar-refractivity contribution in [2.24, 2.45) is 0 Å². The number of hydrogen-bond acceptors (Lipinski definition) is 4. The van der Waals surface area contributed by atoms with E-state index < -0.39 is 5.82 Å². The topological polar surface area (TPSA) is 53.7 Å². The zero-order chi connectivity index (χ0) is 13.0. The Bertz CT molecular complexity index is 405. The van der Waals surface area contributed by atoms with Crippen LogP contribution in [-0.4, -0.2) is 25.9 Å². The largest absolute Gasteiger partial charge is 0.491 e. The predicted octanol–water partition coefficient (Wildman–Crippen LogP) is 2.36. The van der Waals surface area contributed by atoms with E-state index in [1.54, 1.807) is 6.92 Å². The number of halogens is 1. The van der Waals surface area contributed by atoms with Crippen LogP contribution in [0.4, 0.5) is 10.1 Å². The molecule has 2 N–H and O–H groups in total. The van der Waals surface area contributed by atoms with Crippen LogP contribution in [0.15, 0.2) is 12.1 Å². The molecule has 1 saturated heterocycles. The van der Waals surface area contributed by atoms with E-state index in [0.29, 0.717) is 19.0 Å². The Hall–Kier alpha value is -1.49. The van der Waals surface area contributed by atoms with Gasteiger partial charge in [0.25, 0.3) is 0 Å². The van der Waals surface area contributed by atoms with Crippen LogP contribution in [-0.2, 0) is 4.74 Å². The fourth-order valence-corrected chi connectivity index (χ4v) is 1.90. The second kappa shape index (κ2) is 5.91. The van der Waals surface area contributed by atoms with E-state index in [-0.39, 0.29) is 17.5 Å². The van der Waals surface area contributed by atoms with Crippen molar-refractivity contribution in [2.45, 2.75) is 25.9 Å². The highest BCUT2D eigenvalue weighted by Gasteiger charge is 2.17. The van der Waals surface area contributed by atoms with Crippen LogP contribution >= 0.6 is 0 Å². The molecule has 1 fully saturated rings. The summed E-state index contributed by atoms with van der Waals surface area (Å²) in [5.41, 5.74) is 5.98. The molecule has 0 bridgehead atoms. The number of nitrogen functional groups attached to an aromatic ring is 1. The second-order valence-corrected chi connectivity index (χ2v) is 4.20. The molecule has 1 aromatic carbocycles. The Labute approximate surface area is 106 Å². The Kier molecular flexibility index (Phi) is 4.25. The smallest absolute Gasteiger partial charge is 0.167 e. The van der Waals surface area contributed by atoms with Gasteiger partial charge >= 0.3 is 0 Å². The molecule has 0 amide bonds. The van der Waals surface area contributed by atoms with Crippen molar-refractivity contribution in [3.05, 3.63) is 17.9 Å². The Morgan fingerprint density at radius 1 is 1.39 bits per heavy atom. The average Bonchev–Trinajstić information content (AvgIpc) is 2.84. The first-order valence-electron chi connectivity index (χ1n) is 6.17. The van der Waals surface area contributed by atoms with Crippen molar-refractivity contribution < 1.29 is 18.6 Å². The van der Waals surface area contributed by atoms with Crippen LogP contribution in [0.2, 0.25) is 0 Å². The van der Waals surface area contributed by atoms with Crippen LogP contribution in [0.3, 0.4) is 0 Å². The fourth-order valence-electron chi connectivity index (χ4n) is 1.90. The van der Waals surface area contributed by atoms with Gasteiger partial charge in [0.05, 0.1) is 18.4 Å². The first kappa shape index (κ1) is 13.0. The fraction of sp³-hybridized carbons (Fsp3) is 0.538. The highest BCUT2D eigenvalue weighted by atomic mass is 19.1. The van der Waals surface area contributed by atoms with Gasteiger partial charge in [-0.3, -0.25) is 0 Å². The van der Waals surface area contributed by atoms with Crippen LogP contribution in [0, 0.1) is 5.82 Å². The van der Waals surface area contributed by atoms with Crippen molar-refractivity contribution >= 4 is 5.69 Å².